The summed E-state index contributed by atoms with van der Waals surface area (Å²) in [4.78, 5) is 25.8. The largest absolute Gasteiger partial charge is 0.469 e. The summed E-state index contributed by atoms with van der Waals surface area (Å²) >= 11 is 0. The van der Waals surface area contributed by atoms with Crippen LogP contribution < -0.4 is 15.5 Å². The van der Waals surface area contributed by atoms with Gasteiger partial charge >= 0.3 is 0 Å². The zero-order valence-corrected chi connectivity index (χ0v) is 19.2. The van der Waals surface area contributed by atoms with Gasteiger partial charge in [0.2, 0.25) is 0 Å². The van der Waals surface area contributed by atoms with Crippen molar-refractivity contribution >= 4 is 23.2 Å². The van der Waals surface area contributed by atoms with E-state index in [-0.39, 0.29) is 11.8 Å². The topological polar surface area (TPSA) is 92.9 Å². The molecule has 1 aromatic heterocycles. The summed E-state index contributed by atoms with van der Waals surface area (Å²) in [6, 6.07) is 23.9. The zero-order valence-electron chi connectivity index (χ0n) is 19.2. The lowest BCUT2D eigenvalue weighted by Gasteiger charge is -2.26. The summed E-state index contributed by atoms with van der Waals surface area (Å²) in [5, 5.41) is 7.21. The SMILES string of the molecule is C/C(=N\NC(=O)C1c2ccccc2Oc2ccccc21)c1cccc(NC(=O)c2ccoc2C)c1. The number of hydrazone groups is 1. The molecule has 1 aliphatic heterocycles. The van der Waals surface area contributed by atoms with E-state index in [4.69, 9.17) is 9.15 Å². The average Bonchev–Trinajstić information content (AvgIpc) is 3.31. The number of anilines is 1. The maximum atomic E-state index is 13.3. The number of aryl methyl sites for hydroxylation is 1. The van der Waals surface area contributed by atoms with Crippen LogP contribution in [0.15, 0.2) is 94.6 Å². The van der Waals surface area contributed by atoms with Crippen LogP contribution in [0, 0.1) is 6.92 Å². The summed E-state index contributed by atoms with van der Waals surface area (Å²) in [5.41, 5.74) is 6.74. The Labute approximate surface area is 202 Å². The van der Waals surface area contributed by atoms with Crippen LogP contribution in [0.5, 0.6) is 11.5 Å². The van der Waals surface area contributed by atoms with Crippen LogP contribution in [0.3, 0.4) is 0 Å². The minimum Gasteiger partial charge on any atom is -0.469 e. The van der Waals surface area contributed by atoms with Crippen molar-refractivity contribution in [3.63, 3.8) is 0 Å². The summed E-state index contributed by atoms with van der Waals surface area (Å²) in [7, 11) is 0. The van der Waals surface area contributed by atoms with Crippen molar-refractivity contribution in [1.29, 1.82) is 0 Å². The fourth-order valence-corrected chi connectivity index (χ4v) is 4.10. The van der Waals surface area contributed by atoms with Gasteiger partial charge in [0, 0.05) is 16.8 Å². The maximum Gasteiger partial charge on any atom is 0.259 e. The molecular weight excluding hydrogens is 442 g/mol. The zero-order chi connectivity index (χ0) is 24.4. The lowest BCUT2D eigenvalue weighted by molar-refractivity contribution is -0.121. The number of para-hydroxylation sites is 2. The van der Waals surface area contributed by atoms with Gasteiger partial charge in [-0.2, -0.15) is 5.10 Å². The predicted octanol–water partition coefficient (Wildman–Crippen LogP) is 5.62. The van der Waals surface area contributed by atoms with E-state index in [1.807, 2.05) is 60.7 Å². The molecule has 0 spiro atoms. The lowest BCUT2D eigenvalue weighted by atomic mass is 9.87. The number of nitrogens with one attached hydrogen (secondary N) is 2. The molecule has 0 fully saturated rings. The number of ether oxygens (including phenoxy) is 1. The summed E-state index contributed by atoms with van der Waals surface area (Å²) in [5.74, 6) is 0.805. The Morgan fingerprint density at radius 1 is 0.886 bits per heavy atom. The van der Waals surface area contributed by atoms with E-state index >= 15 is 0 Å². The molecule has 4 aromatic rings. The number of amides is 2. The lowest BCUT2D eigenvalue weighted by Crippen LogP contribution is -2.29. The van der Waals surface area contributed by atoms with Crippen molar-refractivity contribution in [3.8, 4) is 11.5 Å². The average molecular weight is 466 g/mol. The number of furan rings is 1. The minimum atomic E-state index is -0.545. The number of rotatable bonds is 5. The molecule has 0 aliphatic carbocycles. The molecule has 2 amide bonds. The Morgan fingerprint density at radius 2 is 1.57 bits per heavy atom. The summed E-state index contributed by atoms with van der Waals surface area (Å²) in [6.07, 6.45) is 1.48. The molecule has 1 aliphatic rings. The smallest absolute Gasteiger partial charge is 0.259 e. The number of fused-ring (bicyclic) bond motifs is 2. The normalized spacial score (nSPS) is 12.8. The van der Waals surface area contributed by atoms with Gasteiger partial charge in [0.05, 0.1) is 23.5 Å². The van der Waals surface area contributed by atoms with E-state index in [0.29, 0.717) is 34.2 Å². The Hall–Kier alpha value is -4.65. The van der Waals surface area contributed by atoms with Gasteiger partial charge in [0.25, 0.3) is 11.8 Å². The molecule has 174 valence electrons. The second kappa shape index (κ2) is 9.30. The van der Waals surface area contributed by atoms with Gasteiger partial charge in [0.1, 0.15) is 17.3 Å². The number of hydrogen-bond donors (Lipinski definition) is 2. The van der Waals surface area contributed by atoms with E-state index in [1.165, 1.54) is 6.26 Å². The quantitative estimate of drug-likeness (QED) is 0.296. The number of hydrogen-bond acceptors (Lipinski definition) is 5. The van der Waals surface area contributed by atoms with Crippen LogP contribution in [0.4, 0.5) is 5.69 Å². The first-order valence-corrected chi connectivity index (χ1v) is 11.2. The van der Waals surface area contributed by atoms with Crippen molar-refractivity contribution in [2.24, 2.45) is 5.10 Å². The molecular formula is C28H23N3O4. The Kier molecular flexibility index (Phi) is 5.89. The molecule has 35 heavy (non-hydrogen) atoms. The Morgan fingerprint density at radius 3 is 2.23 bits per heavy atom. The molecule has 3 aromatic carbocycles. The second-order valence-electron chi connectivity index (χ2n) is 8.21. The standard InChI is InChI=1S/C28H23N3O4/c1-17(19-8-7-9-20(16-19)29-27(32)21-14-15-34-18(21)2)30-31-28(33)26-22-10-3-5-12-24(22)35-25-13-6-4-11-23(25)26/h3-16,26H,1-2H3,(H,29,32)(H,31,33)/b30-17+. The first-order chi connectivity index (χ1) is 17.0. The van der Waals surface area contributed by atoms with Crippen LogP contribution in [-0.4, -0.2) is 17.5 Å². The second-order valence-corrected chi connectivity index (χ2v) is 8.21. The van der Waals surface area contributed by atoms with Gasteiger partial charge in [-0.15, -0.1) is 0 Å². The van der Waals surface area contributed by atoms with Gasteiger partial charge in [-0.3, -0.25) is 9.59 Å². The van der Waals surface area contributed by atoms with Crippen molar-refractivity contribution in [2.75, 3.05) is 5.32 Å². The number of carbonyl (C=O) groups is 2. The highest BCUT2D eigenvalue weighted by atomic mass is 16.5. The fraction of sp³-hybridized carbons (Fsp3) is 0.107. The van der Waals surface area contributed by atoms with Gasteiger partial charge in [-0.1, -0.05) is 48.5 Å². The fourth-order valence-electron chi connectivity index (χ4n) is 4.10. The Balaban J connectivity index is 1.35. The maximum absolute atomic E-state index is 13.3. The molecule has 0 radical (unpaired) electrons. The van der Waals surface area contributed by atoms with E-state index in [1.54, 1.807) is 32.0 Å². The van der Waals surface area contributed by atoms with Crippen molar-refractivity contribution in [1.82, 2.24) is 5.43 Å². The Bertz CT molecular complexity index is 1410. The minimum absolute atomic E-state index is 0.256. The molecule has 7 nitrogen and oxygen atoms in total. The van der Waals surface area contributed by atoms with Crippen molar-refractivity contribution < 1.29 is 18.7 Å². The van der Waals surface area contributed by atoms with Gasteiger partial charge in [-0.25, -0.2) is 5.43 Å². The molecule has 0 saturated carbocycles. The van der Waals surface area contributed by atoms with Crippen molar-refractivity contribution in [3.05, 3.63) is 113 Å². The van der Waals surface area contributed by atoms with Gasteiger partial charge in [0.15, 0.2) is 0 Å². The number of carbonyl (C=O) groups excluding carboxylic acids is 2. The van der Waals surface area contributed by atoms with Crippen LogP contribution in [0.2, 0.25) is 0 Å². The van der Waals surface area contributed by atoms with Crippen LogP contribution >= 0.6 is 0 Å². The van der Waals surface area contributed by atoms with Crippen molar-refractivity contribution in [2.45, 2.75) is 19.8 Å². The van der Waals surface area contributed by atoms with E-state index in [9.17, 15) is 9.59 Å². The summed E-state index contributed by atoms with van der Waals surface area (Å²) in [6.45, 7) is 3.54. The third-order valence-corrected chi connectivity index (χ3v) is 5.92. The van der Waals surface area contributed by atoms with E-state index in [2.05, 4.69) is 15.8 Å². The molecule has 0 unspecified atom stereocenters. The molecule has 2 heterocycles. The monoisotopic (exact) mass is 465 g/mol. The van der Waals surface area contributed by atoms with Crippen LogP contribution in [-0.2, 0) is 4.79 Å². The van der Waals surface area contributed by atoms with E-state index < -0.39 is 5.92 Å². The molecule has 0 bridgehead atoms. The van der Waals surface area contributed by atoms with Gasteiger partial charge in [-0.05, 0) is 49.7 Å². The molecule has 0 saturated heterocycles. The molecule has 5 rings (SSSR count). The first kappa shape index (κ1) is 22.2. The molecule has 7 heteroatoms. The highest BCUT2D eigenvalue weighted by Crippen LogP contribution is 2.43. The van der Waals surface area contributed by atoms with Gasteiger partial charge < -0.3 is 14.5 Å². The number of benzene rings is 3. The summed E-state index contributed by atoms with van der Waals surface area (Å²) < 4.78 is 11.2. The predicted molar refractivity (Wildman–Crippen MR) is 133 cm³/mol. The number of nitrogens with zero attached hydrogens (tertiary/aromatic N) is 1. The first-order valence-electron chi connectivity index (χ1n) is 11.2. The third-order valence-electron chi connectivity index (χ3n) is 5.92. The van der Waals surface area contributed by atoms with E-state index in [0.717, 1.165) is 16.7 Å². The van der Waals surface area contributed by atoms with Crippen LogP contribution in [0.1, 0.15) is 45.7 Å². The highest BCUT2D eigenvalue weighted by molar-refractivity contribution is 6.06. The molecule has 0 atom stereocenters. The third kappa shape index (κ3) is 4.44. The van der Waals surface area contributed by atoms with Crippen LogP contribution in [0.25, 0.3) is 0 Å². The molecule has 2 N–H and O–H groups in total. The highest BCUT2D eigenvalue weighted by Gasteiger charge is 2.32.